The molecule has 0 aliphatic carbocycles. The zero-order chi connectivity index (χ0) is 15.7. The van der Waals surface area contributed by atoms with Gasteiger partial charge in [-0.3, -0.25) is 4.79 Å². The van der Waals surface area contributed by atoms with Crippen LogP contribution in [-0.4, -0.2) is 42.4 Å². The zero-order valence-electron chi connectivity index (χ0n) is 12.1. The van der Waals surface area contributed by atoms with Gasteiger partial charge >= 0.3 is 0 Å². The largest absolute Gasteiger partial charge is 0.328 e. The lowest BCUT2D eigenvalue weighted by molar-refractivity contribution is 0.0503. The third-order valence-corrected chi connectivity index (χ3v) is 7.13. The van der Waals surface area contributed by atoms with Crippen molar-refractivity contribution in [2.75, 3.05) is 26.7 Å². The summed E-state index contributed by atoms with van der Waals surface area (Å²) in [4.78, 5) is 18.0. The van der Waals surface area contributed by atoms with E-state index in [0.717, 1.165) is 32.8 Å². The van der Waals surface area contributed by atoms with Crippen LogP contribution in [-0.2, 0) is 0 Å². The van der Waals surface area contributed by atoms with Gasteiger partial charge in [-0.1, -0.05) is 30.3 Å². The first kappa shape index (κ1) is 16.2. The van der Waals surface area contributed by atoms with Gasteiger partial charge in [0, 0.05) is 24.1 Å². The molecule has 0 saturated carbocycles. The molecular formula is C16H16Br2N2OS. The quantitative estimate of drug-likeness (QED) is 0.686. The maximum Gasteiger partial charge on any atom is 0.264 e. The Hall–Kier alpha value is -0.690. The number of piperazine rings is 1. The minimum Gasteiger partial charge on any atom is -0.328 e. The van der Waals surface area contributed by atoms with Gasteiger partial charge in [-0.05, 0) is 50.5 Å². The lowest BCUT2D eigenvalue weighted by Crippen LogP contribution is -2.49. The maximum absolute atomic E-state index is 12.9. The smallest absolute Gasteiger partial charge is 0.264 e. The van der Waals surface area contributed by atoms with Gasteiger partial charge in [0.05, 0.1) is 14.7 Å². The van der Waals surface area contributed by atoms with Crippen LogP contribution in [0.25, 0.3) is 0 Å². The lowest BCUT2D eigenvalue weighted by Gasteiger charge is -2.40. The highest BCUT2D eigenvalue weighted by Crippen LogP contribution is 2.35. The maximum atomic E-state index is 12.9. The second kappa shape index (κ2) is 6.83. The Labute approximate surface area is 151 Å². The van der Waals surface area contributed by atoms with Gasteiger partial charge < -0.3 is 9.80 Å². The van der Waals surface area contributed by atoms with Gasteiger partial charge in [-0.15, -0.1) is 11.3 Å². The van der Waals surface area contributed by atoms with Crippen molar-refractivity contribution >= 4 is 49.1 Å². The molecule has 0 spiro atoms. The number of hydrogen-bond donors (Lipinski definition) is 0. The zero-order valence-corrected chi connectivity index (χ0v) is 16.1. The van der Waals surface area contributed by atoms with Crippen LogP contribution in [0.5, 0.6) is 0 Å². The third kappa shape index (κ3) is 3.30. The van der Waals surface area contributed by atoms with Gasteiger partial charge in [-0.25, -0.2) is 0 Å². The Morgan fingerprint density at radius 1 is 1.23 bits per heavy atom. The van der Waals surface area contributed by atoms with E-state index >= 15 is 0 Å². The average Bonchev–Trinajstić information content (AvgIpc) is 2.87. The van der Waals surface area contributed by atoms with Crippen LogP contribution in [0.4, 0.5) is 0 Å². The summed E-state index contributed by atoms with van der Waals surface area (Å²) in [6, 6.07) is 12.3. The fourth-order valence-electron chi connectivity index (χ4n) is 2.72. The standard InChI is InChI=1S/C16H16Br2N2OS/c1-19-7-8-20(13(10-19)11-5-3-2-4-6-11)16(21)14-9-12(17)15(18)22-14/h2-6,9,13H,7-8,10H2,1H3/t13-/m1/s1. The Balaban J connectivity index is 1.91. The predicted molar refractivity (Wildman–Crippen MR) is 97.4 cm³/mol. The normalized spacial score (nSPS) is 19.4. The Morgan fingerprint density at radius 2 is 1.95 bits per heavy atom. The number of rotatable bonds is 2. The summed E-state index contributed by atoms with van der Waals surface area (Å²) in [6.45, 7) is 2.52. The van der Waals surface area contributed by atoms with E-state index < -0.39 is 0 Å². The molecule has 2 heterocycles. The predicted octanol–water partition coefficient (Wildman–Crippen LogP) is 4.40. The van der Waals surface area contributed by atoms with Crippen molar-refractivity contribution in [3.63, 3.8) is 0 Å². The second-order valence-electron chi connectivity index (χ2n) is 5.42. The number of likely N-dealkylation sites (N-methyl/N-ethyl adjacent to an activating group) is 1. The molecule has 1 saturated heterocycles. The van der Waals surface area contributed by atoms with Crippen molar-refractivity contribution in [1.82, 2.24) is 9.80 Å². The first-order valence-corrected chi connectivity index (χ1v) is 9.46. The van der Waals surface area contributed by atoms with Gasteiger partial charge in [-0.2, -0.15) is 0 Å². The summed E-state index contributed by atoms with van der Waals surface area (Å²) >= 11 is 8.41. The summed E-state index contributed by atoms with van der Waals surface area (Å²) in [5, 5.41) is 0. The molecule has 1 fully saturated rings. The molecule has 1 aliphatic rings. The van der Waals surface area contributed by atoms with Crippen LogP contribution in [0.1, 0.15) is 21.3 Å². The molecule has 1 aromatic carbocycles. The molecule has 3 rings (SSSR count). The van der Waals surface area contributed by atoms with Crippen LogP contribution in [0.15, 0.2) is 44.7 Å². The molecule has 0 radical (unpaired) electrons. The van der Waals surface area contributed by atoms with Crippen LogP contribution >= 0.6 is 43.2 Å². The molecule has 22 heavy (non-hydrogen) atoms. The van der Waals surface area contributed by atoms with Crippen molar-refractivity contribution in [1.29, 1.82) is 0 Å². The summed E-state index contributed by atoms with van der Waals surface area (Å²) < 4.78 is 1.90. The Kier molecular flexibility index (Phi) is 5.02. The molecule has 116 valence electrons. The molecule has 0 N–H and O–H groups in total. The minimum absolute atomic E-state index is 0.104. The van der Waals surface area contributed by atoms with Gasteiger partial charge in [0.25, 0.3) is 5.91 Å². The highest BCUT2D eigenvalue weighted by Gasteiger charge is 2.31. The van der Waals surface area contributed by atoms with E-state index in [2.05, 4.69) is 55.9 Å². The SMILES string of the molecule is CN1CCN(C(=O)c2cc(Br)c(Br)s2)[C@@H](c2ccccc2)C1. The molecule has 0 unspecified atom stereocenters. The van der Waals surface area contributed by atoms with Crippen molar-refractivity contribution in [3.05, 3.63) is 55.1 Å². The molecule has 3 nitrogen and oxygen atoms in total. The van der Waals surface area contributed by atoms with Crippen molar-refractivity contribution in [2.24, 2.45) is 0 Å². The third-order valence-electron chi connectivity index (χ3n) is 3.88. The van der Waals surface area contributed by atoms with Crippen LogP contribution in [0.2, 0.25) is 0 Å². The van der Waals surface area contributed by atoms with E-state index in [1.165, 1.54) is 16.9 Å². The van der Waals surface area contributed by atoms with E-state index in [-0.39, 0.29) is 11.9 Å². The molecule has 1 amide bonds. The summed E-state index contributed by atoms with van der Waals surface area (Å²) in [6.07, 6.45) is 0. The fraction of sp³-hybridized carbons (Fsp3) is 0.312. The second-order valence-corrected chi connectivity index (χ2v) is 8.64. The molecule has 1 aromatic heterocycles. The van der Waals surface area contributed by atoms with Crippen molar-refractivity contribution < 1.29 is 4.79 Å². The Bertz CT molecular complexity index is 655. The number of halogens is 2. The minimum atomic E-state index is 0.104. The first-order chi connectivity index (χ1) is 10.6. The lowest BCUT2D eigenvalue weighted by atomic mass is 10.0. The van der Waals surface area contributed by atoms with Crippen LogP contribution in [0.3, 0.4) is 0 Å². The molecule has 0 bridgehead atoms. The monoisotopic (exact) mass is 442 g/mol. The van der Waals surface area contributed by atoms with E-state index in [1.807, 2.05) is 29.2 Å². The van der Waals surface area contributed by atoms with Gasteiger partial charge in [0.15, 0.2) is 0 Å². The number of carbonyl (C=O) groups excluding carboxylic acids is 1. The van der Waals surface area contributed by atoms with E-state index in [4.69, 9.17) is 0 Å². The highest BCUT2D eigenvalue weighted by atomic mass is 79.9. The molecular weight excluding hydrogens is 428 g/mol. The summed E-state index contributed by atoms with van der Waals surface area (Å²) in [5.74, 6) is 0.110. The van der Waals surface area contributed by atoms with Gasteiger partial charge in [0.1, 0.15) is 0 Å². The van der Waals surface area contributed by atoms with Crippen LogP contribution in [0, 0.1) is 0 Å². The molecule has 1 atom stereocenters. The number of carbonyl (C=O) groups is 1. The topological polar surface area (TPSA) is 23.6 Å². The summed E-state index contributed by atoms with van der Waals surface area (Å²) in [5.41, 5.74) is 1.19. The molecule has 2 aromatic rings. The summed E-state index contributed by atoms with van der Waals surface area (Å²) in [7, 11) is 2.11. The highest BCUT2D eigenvalue weighted by molar-refractivity contribution is 9.13. The number of amides is 1. The first-order valence-electron chi connectivity index (χ1n) is 7.05. The van der Waals surface area contributed by atoms with E-state index in [0.29, 0.717) is 0 Å². The number of thiophene rings is 1. The number of hydrogen-bond acceptors (Lipinski definition) is 3. The van der Waals surface area contributed by atoms with Gasteiger partial charge in [0.2, 0.25) is 0 Å². The number of benzene rings is 1. The number of nitrogens with zero attached hydrogens (tertiary/aromatic N) is 2. The van der Waals surface area contributed by atoms with E-state index in [9.17, 15) is 4.79 Å². The van der Waals surface area contributed by atoms with Crippen LogP contribution < -0.4 is 0 Å². The van der Waals surface area contributed by atoms with Crippen molar-refractivity contribution in [2.45, 2.75) is 6.04 Å². The molecule has 6 heteroatoms. The average molecular weight is 444 g/mol. The van der Waals surface area contributed by atoms with E-state index in [1.54, 1.807) is 0 Å². The fourth-order valence-corrected chi connectivity index (χ4v) is 4.71. The molecule has 1 aliphatic heterocycles. The van der Waals surface area contributed by atoms with Crippen molar-refractivity contribution in [3.8, 4) is 0 Å². The Morgan fingerprint density at radius 3 is 2.59 bits per heavy atom.